The Morgan fingerprint density at radius 2 is 1.32 bits per heavy atom. The highest BCUT2D eigenvalue weighted by atomic mass is 35.5. The van der Waals surface area contributed by atoms with Crippen LogP contribution in [0.4, 0.5) is 4.39 Å². The van der Waals surface area contributed by atoms with Gasteiger partial charge >= 0.3 is 0 Å². The standard InChI is InChI=1S/C32H30ClFN2O2/c33-28-15-11-26(12-16-28)22-31(37)36(23-27-13-17-29(34)18-14-27)30(21-25-9-5-2-6-10-25)32(38)35-20-19-24-7-3-1-4-8-24/h1-18,30H,19-23H2,(H,35,38)/t30-/m0/s1. The lowest BCUT2D eigenvalue weighted by Crippen LogP contribution is -2.51. The molecule has 4 nitrogen and oxygen atoms in total. The van der Waals surface area contributed by atoms with Gasteiger partial charge < -0.3 is 10.2 Å². The summed E-state index contributed by atoms with van der Waals surface area (Å²) in [4.78, 5) is 29.0. The van der Waals surface area contributed by atoms with Gasteiger partial charge in [-0.1, -0.05) is 96.5 Å². The van der Waals surface area contributed by atoms with Crippen LogP contribution in [0.15, 0.2) is 109 Å². The van der Waals surface area contributed by atoms with Gasteiger partial charge in [0, 0.05) is 24.5 Å². The van der Waals surface area contributed by atoms with Crippen LogP contribution in [0, 0.1) is 5.82 Å². The van der Waals surface area contributed by atoms with Crippen molar-refractivity contribution in [2.75, 3.05) is 6.54 Å². The van der Waals surface area contributed by atoms with Crippen molar-refractivity contribution in [3.63, 3.8) is 0 Å². The van der Waals surface area contributed by atoms with E-state index >= 15 is 0 Å². The Bertz CT molecular complexity index is 1310. The number of halogens is 2. The van der Waals surface area contributed by atoms with Gasteiger partial charge in [0.2, 0.25) is 11.8 Å². The fraction of sp³-hybridized carbons (Fsp3) is 0.188. The Morgan fingerprint density at radius 3 is 1.95 bits per heavy atom. The Balaban J connectivity index is 1.60. The quantitative estimate of drug-likeness (QED) is 0.259. The normalized spacial score (nSPS) is 11.5. The lowest BCUT2D eigenvalue weighted by molar-refractivity contribution is -0.140. The molecule has 1 atom stereocenters. The van der Waals surface area contributed by atoms with Gasteiger partial charge in [-0.25, -0.2) is 4.39 Å². The summed E-state index contributed by atoms with van der Waals surface area (Å²) >= 11 is 6.03. The Labute approximate surface area is 228 Å². The van der Waals surface area contributed by atoms with Crippen molar-refractivity contribution in [3.8, 4) is 0 Å². The zero-order valence-electron chi connectivity index (χ0n) is 21.0. The summed E-state index contributed by atoms with van der Waals surface area (Å²) < 4.78 is 13.6. The molecule has 0 unspecified atom stereocenters. The van der Waals surface area contributed by atoms with Gasteiger partial charge in [-0.3, -0.25) is 9.59 Å². The molecule has 0 fully saturated rings. The second-order valence-corrected chi connectivity index (χ2v) is 9.62. The number of hydrogen-bond acceptors (Lipinski definition) is 2. The third-order valence-corrected chi connectivity index (χ3v) is 6.61. The first-order valence-corrected chi connectivity index (χ1v) is 13.0. The first-order valence-electron chi connectivity index (χ1n) is 12.6. The largest absolute Gasteiger partial charge is 0.354 e. The van der Waals surface area contributed by atoms with E-state index in [9.17, 15) is 14.0 Å². The van der Waals surface area contributed by atoms with Crippen LogP contribution in [0.5, 0.6) is 0 Å². The molecule has 4 aromatic rings. The molecule has 4 rings (SSSR count). The smallest absolute Gasteiger partial charge is 0.243 e. The SMILES string of the molecule is O=C(NCCc1ccccc1)[C@H](Cc1ccccc1)N(Cc1ccc(F)cc1)C(=O)Cc1ccc(Cl)cc1. The fourth-order valence-corrected chi connectivity index (χ4v) is 4.44. The Kier molecular flexibility index (Phi) is 9.65. The average molecular weight is 529 g/mol. The number of carbonyl (C=O) groups is 2. The molecule has 0 aliphatic rings. The molecule has 0 spiro atoms. The number of nitrogens with one attached hydrogen (secondary N) is 1. The molecular weight excluding hydrogens is 499 g/mol. The van der Waals surface area contributed by atoms with Crippen LogP contribution in [0.3, 0.4) is 0 Å². The summed E-state index contributed by atoms with van der Waals surface area (Å²) in [6, 6.07) is 31.9. The molecule has 1 N–H and O–H groups in total. The molecule has 0 saturated carbocycles. The van der Waals surface area contributed by atoms with Gasteiger partial charge in [0.25, 0.3) is 0 Å². The van der Waals surface area contributed by atoms with Crippen molar-refractivity contribution in [2.24, 2.45) is 0 Å². The number of amides is 2. The molecule has 0 aromatic heterocycles. The maximum Gasteiger partial charge on any atom is 0.243 e. The van der Waals surface area contributed by atoms with Crippen LogP contribution < -0.4 is 5.32 Å². The molecule has 0 aliphatic heterocycles. The van der Waals surface area contributed by atoms with Crippen LogP contribution in [-0.4, -0.2) is 29.3 Å². The van der Waals surface area contributed by atoms with E-state index in [-0.39, 0.29) is 30.6 Å². The topological polar surface area (TPSA) is 49.4 Å². The van der Waals surface area contributed by atoms with Crippen molar-refractivity contribution in [2.45, 2.75) is 31.8 Å². The monoisotopic (exact) mass is 528 g/mol. The van der Waals surface area contributed by atoms with Crippen LogP contribution in [0.1, 0.15) is 22.3 Å². The van der Waals surface area contributed by atoms with Gasteiger partial charge in [0.15, 0.2) is 0 Å². The van der Waals surface area contributed by atoms with E-state index in [2.05, 4.69) is 5.32 Å². The van der Waals surface area contributed by atoms with Crippen molar-refractivity contribution in [1.29, 1.82) is 0 Å². The van der Waals surface area contributed by atoms with E-state index in [1.807, 2.05) is 72.8 Å². The summed E-state index contributed by atoms with van der Waals surface area (Å²) in [5.74, 6) is -0.778. The molecule has 0 saturated heterocycles. The third kappa shape index (κ3) is 8.02. The highest BCUT2D eigenvalue weighted by Gasteiger charge is 2.30. The number of nitrogens with zero attached hydrogens (tertiary/aromatic N) is 1. The van der Waals surface area contributed by atoms with E-state index in [1.165, 1.54) is 12.1 Å². The summed E-state index contributed by atoms with van der Waals surface area (Å²) in [5, 5.41) is 3.63. The number of carbonyl (C=O) groups excluding carboxylic acids is 2. The summed E-state index contributed by atoms with van der Waals surface area (Å²) in [5.41, 5.74) is 3.60. The summed E-state index contributed by atoms with van der Waals surface area (Å²) in [6.45, 7) is 0.625. The fourth-order valence-electron chi connectivity index (χ4n) is 4.31. The van der Waals surface area contributed by atoms with Crippen molar-refractivity contribution in [1.82, 2.24) is 10.2 Å². The van der Waals surface area contributed by atoms with Gasteiger partial charge in [-0.15, -0.1) is 0 Å². The second kappa shape index (κ2) is 13.5. The predicted octanol–water partition coefficient (Wildman–Crippen LogP) is 6.02. The minimum absolute atomic E-state index is 0.112. The number of hydrogen-bond donors (Lipinski definition) is 1. The maximum absolute atomic E-state index is 13.7. The van der Waals surface area contributed by atoms with Gasteiger partial charge in [0.1, 0.15) is 11.9 Å². The number of rotatable bonds is 11. The maximum atomic E-state index is 13.7. The van der Waals surface area contributed by atoms with E-state index in [1.54, 1.807) is 29.2 Å². The summed E-state index contributed by atoms with van der Waals surface area (Å²) in [6.07, 6.45) is 1.15. The third-order valence-electron chi connectivity index (χ3n) is 6.36. The van der Waals surface area contributed by atoms with Crippen LogP contribution in [0.2, 0.25) is 5.02 Å². The van der Waals surface area contributed by atoms with Gasteiger partial charge in [0.05, 0.1) is 6.42 Å². The van der Waals surface area contributed by atoms with Crippen LogP contribution in [-0.2, 0) is 35.4 Å². The Morgan fingerprint density at radius 1 is 0.737 bits per heavy atom. The predicted molar refractivity (Wildman–Crippen MR) is 149 cm³/mol. The lowest BCUT2D eigenvalue weighted by Gasteiger charge is -2.32. The van der Waals surface area contributed by atoms with Gasteiger partial charge in [-0.05, 0) is 52.9 Å². The molecule has 4 aromatic carbocycles. The zero-order chi connectivity index (χ0) is 26.7. The zero-order valence-corrected chi connectivity index (χ0v) is 21.8. The minimum Gasteiger partial charge on any atom is -0.354 e. The highest BCUT2D eigenvalue weighted by molar-refractivity contribution is 6.30. The lowest BCUT2D eigenvalue weighted by atomic mass is 10.0. The van der Waals surface area contributed by atoms with Gasteiger partial charge in [-0.2, -0.15) is 0 Å². The molecule has 194 valence electrons. The van der Waals surface area contributed by atoms with E-state index in [0.717, 1.165) is 22.3 Å². The molecule has 0 radical (unpaired) electrons. The average Bonchev–Trinajstić information content (AvgIpc) is 2.94. The number of benzene rings is 4. The molecular formula is C32H30ClFN2O2. The first kappa shape index (κ1) is 27.1. The van der Waals surface area contributed by atoms with Crippen molar-refractivity contribution < 1.29 is 14.0 Å². The molecule has 0 bridgehead atoms. The van der Waals surface area contributed by atoms with E-state index in [0.29, 0.717) is 24.4 Å². The molecule has 0 aliphatic carbocycles. The van der Waals surface area contributed by atoms with E-state index < -0.39 is 6.04 Å². The van der Waals surface area contributed by atoms with Crippen LogP contribution in [0.25, 0.3) is 0 Å². The molecule has 38 heavy (non-hydrogen) atoms. The van der Waals surface area contributed by atoms with Crippen LogP contribution >= 0.6 is 11.6 Å². The first-order chi connectivity index (χ1) is 18.5. The van der Waals surface area contributed by atoms with Crippen molar-refractivity contribution in [3.05, 3.63) is 142 Å². The van der Waals surface area contributed by atoms with E-state index in [4.69, 9.17) is 11.6 Å². The second-order valence-electron chi connectivity index (χ2n) is 9.18. The Hall–Kier alpha value is -3.96. The highest BCUT2D eigenvalue weighted by Crippen LogP contribution is 2.18. The van der Waals surface area contributed by atoms with Crippen molar-refractivity contribution >= 4 is 23.4 Å². The molecule has 0 heterocycles. The minimum atomic E-state index is -0.752. The molecule has 2 amide bonds. The molecule has 6 heteroatoms. The summed E-state index contributed by atoms with van der Waals surface area (Å²) in [7, 11) is 0.